The molecule has 6 nitrogen and oxygen atoms in total. The van der Waals surface area contributed by atoms with Crippen LogP contribution in [-0.2, 0) is 4.74 Å². The molecule has 1 fully saturated rings. The van der Waals surface area contributed by atoms with Crippen LogP contribution in [0.1, 0.15) is 24.6 Å². The van der Waals surface area contributed by atoms with Crippen molar-refractivity contribution in [3.8, 4) is 11.8 Å². The van der Waals surface area contributed by atoms with E-state index in [0.29, 0.717) is 17.5 Å². The minimum Gasteiger partial charge on any atom is -0.480 e. The molecule has 1 aromatic heterocycles. The maximum absolute atomic E-state index is 10.3. The number of aliphatic hydroxyl groups is 1. The Morgan fingerprint density at radius 2 is 2.00 bits per heavy atom. The molecule has 2 unspecified atom stereocenters. The van der Waals surface area contributed by atoms with E-state index in [-0.39, 0.29) is 12.0 Å². The third kappa shape index (κ3) is 2.54. The summed E-state index contributed by atoms with van der Waals surface area (Å²) < 4.78 is 15.4. The highest BCUT2D eigenvalue weighted by Crippen LogP contribution is 2.40. The van der Waals surface area contributed by atoms with Crippen molar-refractivity contribution in [2.24, 2.45) is 5.92 Å². The largest absolute Gasteiger partial charge is 0.480 e. The first-order valence-corrected chi connectivity index (χ1v) is 5.87. The normalized spacial score (nSPS) is 18.2. The molecule has 1 saturated carbocycles. The van der Waals surface area contributed by atoms with Crippen molar-refractivity contribution in [1.82, 2.24) is 9.97 Å². The molecule has 2 rings (SSSR count). The summed E-state index contributed by atoms with van der Waals surface area (Å²) in [6.07, 6.45) is 2.50. The predicted molar refractivity (Wildman–Crippen MR) is 63.6 cm³/mol. The van der Waals surface area contributed by atoms with Gasteiger partial charge in [0.1, 0.15) is 11.8 Å². The predicted octanol–water partition coefficient (Wildman–Crippen LogP) is 0.952. The summed E-state index contributed by atoms with van der Waals surface area (Å²) in [6.45, 7) is 0. The first-order valence-electron chi connectivity index (χ1n) is 5.87. The van der Waals surface area contributed by atoms with Crippen LogP contribution in [0.25, 0.3) is 0 Å². The van der Waals surface area contributed by atoms with Crippen LogP contribution < -0.4 is 9.47 Å². The molecule has 1 aromatic rings. The molecule has 0 amide bonds. The highest BCUT2D eigenvalue weighted by molar-refractivity contribution is 5.25. The molecule has 1 N–H and O–H groups in total. The number of hydrogen-bond acceptors (Lipinski definition) is 6. The Hall–Kier alpha value is -1.40. The average Bonchev–Trinajstić information content (AvgIpc) is 3.23. The van der Waals surface area contributed by atoms with Gasteiger partial charge in [0, 0.05) is 7.11 Å². The van der Waals surface area contributed by atoms with E-state index in [1.54, 1.807) is 7.11 Å². The Morgan fingerprint density at radius 3 is 2.50 bits per heavy atom. The van der Waals surface area contributed by atoms with E-state index in [1.807, 2.05) is 0 Å². The van der Waals surface area contributed by atoms with E-state index in [1.165, 1.54) is 20.4 Å². The minimum atomic E-state index is -0.837. The molecule has 18 heavy (non-hydrogen) atoms. The van der Waals surface area contributed by atoms with Gasteiger partial charge in [-0.05, 0) is 18.8 Å². The quantitative estimate of drug-likeness (QED) is 0.814. The second kappa shape index (κ2) is 5.49. The van der Waals surface area contributed by atoms with Gasteiger partial charge in [0.15, 0.2) is 0 Å². The second-order valence-electron chi connectivity index (χ2n) is 4.29. The molecular formula is C12H18N2O4. The van der Waals surface area contributed by atoms with Crippen molar-refractivity contribution in [1.29, 1.82) is 0 Å². The lowest BCUT2D eigenvalue weighted by Crippen LogP contribution is -2.24. The first kappa shape index (κ1) is 13.0. The lowest BCUT2D eigenvalue weighted by atomic mass is 10.1. The Morgan fingerprint density at radius 1 is 1.28 bits per heavy atom. The Labute approximate surface area is 106 Å². The maximum Gasteiger partial charge on any atom is 0.241 e. The summed E-state index contributed by atoms with van der Waals surface area (Å²) in [6, 6.07) is 0. The van der Waals surface area contributed by atoms with Crippen LogP contribution >= 0.6 is 0 Å². The minimum absolute atomic E-state index is 0.262. The molecule has 0 aliphatic heterocycles. The lowest BCUT2D eigenvalue weighted by molar-refractivity contribution is -0.0292. The van der Waals surface area contributed by atoms with Crippen molar-refractivity contribution in [2.75, 3.05) is 21.3 Å². The van der Waals surface area contributed by atoms with E-state index >= 15 is 0 Å². The van der Waals surface area contributed by atoms with Gasteiger partial charge in [-0.25, -0.2) is 4.98 Å². The zero-order chi connectivity index (χ0) is 13.1. The maximum atomic E-state index is 10.3. The SMILES string of the molecule is COc1cnc(C(O)C(OC)C2CC2)c(OC)n1. The third-order valence-electron chi connectivity index (χ3n) is 3.10. The zero-order valence-corrected chi connectivity index (χ0v) is 10.8. The van der Waals surface area contributed by atoms with Gasteiger partial charge in [-0.2, -0.15) is 4.98 Å². The second-order valence-corrected chi connectivity index (χ2v) is 4.29. The standard InChI is InChI=1S/C12H18N2O4/c1-16-8-6-13-9(12(14-8)18-3)10(15)11(17-2)7-4-5-7/h6-7,10-11,15H,4-5H2,1-3H3. The molecule has 1 aliphatic rings. The van der Waals surface area contributed by atoms with Gasteiger partial charge < -0.3 is 19.3 Å². The molecule has 0 spiro atoms. The topological polar surface area (TPSA) is 73.7 Å². The molecule has 0 aromatic carbocycles. The summed E-state index contributed by atoms with van der Waals surface area (Å²) in [4.78, 5) is 8.26. The highest BCUT2D eigenvalue weighted by Gasteiger charge is 2.38. The van der Waals surface area contributed by atoms with Crippen LogP contribution in [0.3, 0.4) is 0 Å². The van der Waals surface area contributed by atoms with E-state index in [2.05, 4.69) is 9.97 Å². The van der Waals surface area contributed by atoms with Crippen molar-refractivity contribution < 1.29 is 19.3 Å². The van der Waals surface area contributed by atoms with Gasteiger partial charge in [-0.3, -0.25) is 0 Å². The Kier molecular flexibility index (Phi) is 3.98. The Balaban J connectivity index is 2.25. The molecule has 0 bridgehead atoms. The van der Waals surface area contributed by atoms with Gasteiger partial charge in [0.2, 0.25) is 11.8 Å². The van der Waals surface area contributed by atoms with Crippen LogP contribution in [0.2, 0.25) is 0 Å². The number of ether oxygens (including phenoxy) is 3. The number of methoxy groups -OCH3 is 3. The Bertz CT molecular complexity index is 409. The fourth-order valence-electron chi connectivity index (χ4n) is 1.98. The monoisotopic (exact) mass is 254 g/mol. The van der Waals surface area contributed by atoms with Gasteiger partial charge in [0.25, 0.3) is 0 Å². The van der Waals surface area contributed by atoms with Gasteiger partial charge in [-0.1, -0.05) is 0 Å². The van der Waals surface area contributed by atoms with Crippen molar-refractivity contribution in [3.05, 3.63) is 11.9 Å². The number of aromatic nitrogens is 2. The van der Waals surface area contributed by atoms with Crippen LogP contribution in [0.5, 0.6) is 11.8 Å². The number of nitrogens with zero attached hydrogens (tertiary/aromatic N) is 2. The molecule has 2 atom stereocenters. The van der Waals surface area contributed by atoms with Gasteiger partial charge >= 0.3 is 0 Å². The van der Waals surface area contributed by atoms with E-state index in [4.69, 9.17) is 14.2 Å². The lowest BCUT2D eigenvalue weighted by Gasteiger charge is -2.21. The number of aliphatic hydroxyl groups excluding tert-OH is 1. The molecule has 100 valence electrons. The molecule has 0 radical (unpaired) electrons. The van der Waals surface area contributed by atoms with Crippen LogP contribution in [-0.4, -0.2) is 42.5 Å². The van der Waals surface area contributed by atoms with Crippen molar-refractivity contribution in [2.45, 2.75) is 25.0 Å². The molecule has 6 heteroatoms. The van der Waals surface area contributed by atoms with Crippen LogP contribution in [0.4, 0.5) is 0 Å². The van der Waals surface area contributed by atoms with Crippen LogP contribution in [0.15, 0.2) is 6.20 Å². The van der Waals surface area contributed by atoms with Gasteiger partial charge in [-0.15, -0.1) is 0 Å². The van der Waals surface area contributed by atoms with E-state index < -0.39 is 6.10 Å². The number of hydrogen-bond donors (Lipinski definition) is 1. The van der Waals surface area contributed by atoms with E-state index in [9.17, 15) is 5.11 Å². The van der Waals surface area contributed by atoms with Crippen molar-refractivity contribution in [3.63, 3.8) is 0 Å². The highest BCUT2D eigenvalue weighted by atomic mass is 16.5. The molecule has 0 saturated heterocycles. The molecule has 1 aliphatic carbocycles. The van der Waals surface area contributed by atoms with E-state index in [0.717, 1.165) is 12.8 Å². The smallest absolute Gasteiger partial charge is 0.241 e. The zero-order valence-electron chi connectivity index (χ0n) is 10.8. The summed E-state index contributed by atoms with van der Waals surface area (Å²) in [5, 5.41) is 10.3. The summed E-state index contributed by atoms with van der Waals surface area (Å²) in [5.74, 6) is 1.01. The fourth-order valence-corrected chi connectivity index (χ4v) is 1.98. The third-order valence-corrected chi connectivity index (χ3v) is 3.10. The average molecular weight is 254 g/mol. The summed E-state index contributed by atoms with van der Waals surface area (Å²) in [5.41, 5.74) is 0.386. The van der Waals surface area contributed by atoms with Crippen molar-refractivity contribution >= 4 is 0 Å². The van der Waals surface area contributed by atoms with Crippen LogP contribution in [0, 0.1) is 5.92 Å². The first-order chi connectivity index (χ1) is 8.71. The molecular weight excluding hydrogens is 236 g/mol. The van der Waals surface area contributed by atoms with Gasteiger partial charge in [0.05, 0.1) is 26.5 Å². The fraction of sp³-hybridized carbons (Fsp3) is 0.667. The summed E-state index contributed by atoms with van der Waals surface area (Å²) in [7, 11) is 4.58. The number of rotatable bonds is 6. The summed E-state index contributed by atoms with van der Waals surface area (Å²) >= 11 is 0. The molecule has 1 heterocycles.